The molecule has 0 aliphatic rings. The molecule has 5 N–H and O–H groups in total. The van der Waals surface area contributed by atoms with Gasteiger partial charge < -0.3 is 11.1 Å². The third-order valence-corrected chi connectivity index (χ3v) is 3.47. The maximum absolute atomic E-state index is 10.8. The second-order valence-electron chi connectivity index (χ2n) is 4.74. The van der Waals surface area contributed by atoms with E-state index in [2.05, 4.69) is 15.3 Å². The molecule has 7 nitrogen and oxygen atoms in total. The van der Waals surface area contributed by atoms with Crippen LogP contribution in [0.15, 0.2) is 0 Å². The molecule has 0 atom stereocenters. The average molecular weight is 287 g/mol. The van der Waals surface area contributed by atoms with Gasteiger partial charge in [-0.2, -0.15) is 0 Å². The Labute approximate surface area is 113 Å². The highest BCUT2D eigenvalue weighted by atomic mass is 32.2. The molecule has 0 amide bonds. The maximum Gasteiger partial charge on any atom is 0.209 e. The normalized spacial score (nSPS) is 11.8. The van der Waals surface area contributed by atoms with E-state index in [-0.39, 0.29) is 11.7 Å². The Morgan fingerprint density at radius 2 is 1.95 bits per heavy atom. The highest BCUT2D eigenvalue weighted by Crippen LogP contribution is 2.20. The van der Waals surface area contributed by atoms with Gasteiger partial charge in [0.05, 0.1) is 5.75 Å². The lowest BCUT2D eigenvalue weighted by molar-refractivity contribution is 0.595. The number of anilines is 2. The number of nitrogens with two attached hydrogens (primary N) is 2. The summed E-state index contributed by atoms with van der Waals surface area (Å²) in [5.74, 6) is 1.86. The number of aromatic nitrogens is 2. The lowest BCUT2D eigenvalue weighted by Crippen LogP contribution is -2.19. The minimum absolute atomic E-state index is 0.0589. The van der Waals surface area contributed by atoms with E-state index < -0.39 is 10.0 Å². The van der Waals surface area contributed by atoms with Crippen LogP contribution in [0.25, 0.3) is 0 Å². The van der Waals surface area contributed by atoms with E-state index in [1.54, 1.807) is 0 Å². The van der Waals surface area contributed by atoms with Crippen LogP contribution in [0.4, 0.5) is 11.6 Å². The van der Waals surface area contributed by atoms with Crippen molar-refractivity contribution in [2.45, 2.75) is 33.1 Å². The van der Waals surface area contributed by atoms with Crippen LogP contribution < -0.4 is 16.2 Å². The molecule has 0 unspecified atom stereocenters. The first kappa shape index (κ1) is 15.6. The molecule has 1 aromatic rings. The van der Waals surface area contributed by atoms with Gasteiger partial charge in [-0.25, -0.2) is 23.5 Å². The van der Waals surface area contributed by atoms with Gasteiger partial charge in [-0.15, -0.1) is 0 Å². The Kier molecular flexibility index (Phi) is 5.07. The Hall–Kier alpha value is -1.41. The minimum Gasteiger partial charge on any atom is -0.383 e. The van der Waals surface area contributed by atoms with Crippen LogP contribution in [-0.2, 0) is 10.0 Å². The molecule has 19 heavy (non-hydrogen) atoms. The van der Waals surface area contributed by atoms with Crippen molar-refractivity contribution in [3.8, 4) is 0 Å². The van der Waals surface area contributed by atoms with Crippen molar-refractivity contribution in [1.82, 2.24) is 9.97 Å². The molecule has 0 aliphatic heterocycles. The molecule has 0 saturated carbocycles. The number of nitrogens with zero attached hydrogens (tertiary/aromatic N) is 2. The van der Waals surface area contributed by atoms with Crippen molar-refractivity contribution in [2.24, 2.45) is 5.14 Å². The summed E-state index contributed by atoms with van der Waals surface area (Å²) in [5.41, 5.74) is 6.59. The maximum atomic E-state index is 10.8. The number of hydrogen-bond acceptors (Lipinski definition) is 6. The van der Waals surface area contributed by atoms with Gasteiger partial charge in [0.15, 0.2) is 0 Å². The summed E-state index contributed by atoms with van der Waals surface area (Å²) in [4.78, 5) is 8.59. The molecular weight excluding hydrogens is 266 g/mol. The number of rotatable bonds is 6. The molecule has 0 bridgehead atoms. The fourth-order valence-electron chi connectivity index (χ4n) is 1.46. The zero-order valence-corrected chi connectivity index (χ0v) is 12.3. The third kappa shape index (κ3) is 4.99. The van der Waals surface area contributed by atoms with Crippen LogP contribution >= 0.6 is 0 Å². The van der Waals surface area contributed by atoms with Gasteiger partial charge in [-0.05, 0) is 13.3 Å². The van der Waals surface area contributed by atoms with Gasteiger partial charge in [0.1, 0.15) is 17.5 Å². The molecule has 0 spiro atoms. The largest absolute Gasteiger partial charge is 0.383 e. The summed E-state index contributed by atoms with van der Waals surface area (Å²) >= 11 is 0. The van der Waals surface area contributed by atoms with Crippen molar-refractivity contribution in [3.63, 3.8) is 0 Å². The van der Waals surface area contributed by atoms with Crippen molar-refractivity contribution >= 4 is 21.7 Å². The smallest absolute Gasteiger partial charge is 0.209 e. The molecule has 0 aromatic carbocycles. The minimum atomic E-state index is -3.42. The summed E-state index contributed by atoms with van der Waals surface area (Å²) in [5, 5.41) is 8.00. The Morgan fingerprint density at radius 1 is 1.32 bits per heavy atom. The Morgan fingerprint density at radius 3 is 2.47 bits per heavy atom. The molecule has 1 heterocycles. The van der Waals surface area contributed by atoms with Crippen molar-refractivity contribution in [2.75, 3.05) is 23.3 Å². The molecule has 0 saturated heterocycles. The monoisotopic (exact) mass is 287 g/mol. The van der Waals surface area contributed by atoms with Crippen LogP contribution in [0.1, 0.15) is 37.6 Å². The van der Waals surface area contributed by atoms with E-state index in [1.807, 2.05) is 20.8 Å². The first-order chi connectivity index (χ1) is 8.70. The Bertz CT molecular complexity index is 542. The van der Waals surface area contributed by atoms with Crippen LogP contribution in [0, 0.1) is 6.92 Å². The van der Waals surface area contributed by atoms with Crippen LogP contribution in [-0.4, -0.2) is 30.7 Å². The highest BCUT2D eigenvalue weighted by Gasteiger charge is 2.11. The Balaban J connectivity index is 2.72. The van der Waals surface area contributed by atoms with Crippen LogP contribution in [0.5, 0.6) is 0 Å². The molecule has 108 valence electrons. The van der Waals surface area contributed by atoms with Crippen LogP contribution in [0.2, 0.25) is 0 Å². The van der Waals surface area contributed by atoms with Gasteiger partial charge in [0.25, 0.3) is 0 Å². The number of primary sulfonamides is 1. The highest BCUT2D eigenvalue weighted by molar-refractivity contribution is 7.89. The summed E-state index contributed by atoms with van der Waals surface area (Å²) in [6.45, 7) is 6.25. The second-order valence-corrected chi connectivity index (χ2v) is 6.48. The fourth-order valence-corrected chi connectivity index (χ4v) is 2.01. The van der Waals surface area contributed by atoms with E-state index in [0.717, 1.165) is 5.56 Å². The SMILES string of the molecule is Cc1c(N)nc(C(C)C)nc1NCCCS(N)(=O)=O. The van der Waals surface area contributed by atoms with Crippen molar-refractivity contribution in [3.05, 3.63) is 11.4 Å². The zero-order chi connectivity index (χ0) is 14.6. The van der Waals surface area contributed by atoms with Gasteiger partial charge in [0.2, 0.25) is 10.0 Å². The van der Waals surface area contributed by atoms with Gasteiger partial charge in [-0.3, -0.25) is 0 Å². The van der Waals surface area contributed by atoms with E-state index in [0.29, 0.717) is 30.4 Å². The van der Waals surface area contributed by atoms with Gasteiger partial charge >= 0.3 is 0 Å². The number of nitrogen functional groups attached to an aromatic ring is 1. The molecular formula is C11H21N5O2S. The van der Waals surface area contributed by atoms with E-state index >= 15 is 0 Å². The number of hydrogen-bond donors (Lipinski definition) is 3. The summed E-state index contributed by atoms with van der Waals surface area (Å²) in [6, 6.07) is 0. The van der Waals surface area contributed by atoms with Crippen LogP contribution in [0.3, 0.4) is 0 Å². The standard InChI is InChI=1S/C11H21N5O2S/c1-7(2)10-15-9(12)8(3)11(16-10)14-5-4-6-19(13,17)18/h7H,4-6H2,1-3H3,(H2,13,17,18)(H3,12,14,15,16). The first-order valence-electron chi connectivity index (χ1n) is 6.09. The average Bonchev–Trinajstić information content (AvgIpc) is 2.27. The molecule has 0 aliphatic carbocycles. The zero-order valence-electron chi connectivity index (χ0n) is 11.5. The molecule has 1 aromatic heterocycles. The van der Waals surface area contributed by atoms with Crippen molar-refractivity contribution in [1.29, 1.82) is 0 Å². The summed E-state index contributed by atoms with van der Waals surface area (Å²) < 4.78 is 21.6. The predicted molar refractivity (Wildman–Crippen MR) is 76.4 cm³/mol. The van der Waals surface area contributed by atoms with E-state index in [1.165, 1.54) is 0 Å². The first-order valence-corrected chi connectivity index (χ1v) is 7.80. The second kappa shape index (κ2) is 6.16. The molecule has 0 radical (unpaired) electrons. The molecule has 0 fully saturated rings. The topological polar surface area (TPSA) is 124 Å². The lowest BCUT2D eigenvalue weighted by Gasteiger charge is -2.13. The quantitative estimate of drug-likeness (QED) is 0.657. The van der Waals surface area contributed by atoms with E-state index in [4.69, 9.17) is 10.9 Å². The number of sulfonamides is 1. The number of nitrogens with one attached hydrogen (secondary N) is 1. The molecule has 8 heteroatoms. The van der Waals surface area contributed by atoms with Gasteiger partial charge in [0, 0.05) is 18.0 Å². The van der Waals surface area contributed by atoms with E-state index in [9.17, 15) is 8.42 Å². The predicted octanol–water partition coefficient (Wildman–Crippen LogP) is 0.581. The molecule has 1 rings (SSSR count). The summed E-state index contributed by atoms with van der Waals surface area (Å²) in [6.07, 6.45) is 0.416. The van der Waals surface area contributed by atoms with Crippen molar-refractivity contribution < 1.29 is 8.42 Å². The fraction of sp³-hybridized carbons (Fsp3) is 0.636. The van der Waals surface area contributed by atoms with Gasteiger partial charge in [-0.1, -0.05) is 13.8 Å². The summed E-state index contributed by atoms with van der Waals surface area (Å²) in [7, 11) is -3.42. The third-order valence-electron chi connectivity index (χ3n) is 2.62. The lowest BCUT2D eigenvalue weighted by atomic mass is 10.2.